The topological polar surface area (TPSA) is 89.6 Å². The molecule has 1 aliphatic rings. The molecule has 2 aromatic carbocycles. The zero-order valence-electron chi connectivity index (χ0n) is 15.7. The van der Waals surface area contributed by atoms with Gasteiger partial charge in [-0.25, -0.2) is 0 Å². The molecule has 4 rings (SSSR count). The second-order valence-corrected chi connectivity index (χ2v) is 7.95. The molecule has 0 amide bonds. The van der Waals surface area contributed by atoms with Crippen LogP contribution in [0.4, 0.5) is 0 Å². The van der Waals surface area contributed by atoms with Gasteiger partial charge in [0.15, 0.2) is 5.92 Å². The van der Waals surface area contributed by atoms with Crippen molar-refractivity contribution in [3.05, 3.63) is 82.0 Å². The molecule has 0 spiro atoms. The normalized spacial score (nSPS) is 14.7. The Morgan fingerprint density at radius 1 is 1.03 bits per heavy atom. The van der Waals surface area contributed by atoms with Gasteiger partial charge in [-0.3, -0.25) is 9.59 Å². The van der Waals surface area contributed by atoms with Crippen LogP contribution in [0.3, 0.4) is 0 Å². The number of aliphatic carboxylic acids is 1. The standard InChI is InChI=1S/C23H21NO4S/c24-20(11-14-9-10-29-13-14)21(22(25)26)23(27)28-12-19-17-7-3-1-5-15(17)16-6-2-4-8-18(16)19/h1-10,13,19-21H,11-12,24H2,(H,25,26)/t20-,21-/m1/s1. The smallest absolute Gasteiger partial charge is 0.321 e. The van der Waals surface area contributed by atoms with Gasteiger partial charge in [-0.1, -0.05) is 48.5 Å². The zero-order chi connectivity index (χ0) is 20.4. The lowest BCUT2D eigenvalue weighted by Crippen LogP contribution is -2.43. The molecule has 5 nitrogen and oxygen atoms in total. The van der Waals surface area contributed by atoms with Crippen molar-refractivity contribution in [2.24, 2.45) is 11.7 Å². The van der Waals surface area contributed by atoms with E-state index in [9.17, 15) is 14.7 Å². The van der Waals surface area contributed by atoms with E-state index >= 15 is 0 Å². The van der Waals surface area contributed by atoms with Gasteiger partial charge in [0.1, 0.15) is 6.61 Å². The predicted octanol–water partition coefficient (Wildman–Crippen LogP) is 3.67. The zero-order valence-corrected chi connectivity index (χ0v) is 16.5. The first-order valence-corrected chi connectivity index (χ1v) is 10.3. The number of rotatable bonds is 7. The van der Waals surface area contributed by atoms with Gasteiger partial charge in [-0.15, -0.1) is 0 Å². The highest BCUT2D eigenvalue weighted by Gasteiger charge is 2.36. The summed E-state index contributed by atoms with van der Waals surface area (Å²) in [6, 6.07) is 17.0. The maximum absolute atomic E-state index is 12.7. The maximum Gasteiger partial charge on any atom is 0.321 e. The fourth-order valence-corrected chi connectivity index (χ4v) is 4.63. The summed E-state index contributed by atoms with van der Waals surface area (Å²) in [6.45, 7) is 0.0851. The molecule has 2 atom stereocenters. The minimum atomic E-state index is -1.40. The summed E-state index contributed by atoms with van der Waals surface area (Å²) in [6.07, 6.45) is 0.310. The van der Waals surface area contributed by atoms with Crippen molar-refractivity contribution >= 4 is 23.3 Å². The van der Waals surface area contributed by atoms with E-state index in [0.29, 0.717) is 6.42 Å². The van der Waals surface area contributed by atoms with E-state index in [0.717, 1.165) is 27.8 Å². The molecule has 6 heteroatoms. The monoisotopic (exact) mass is 407 g/mol. The number of esters is 1. The number of nitrogens with two attached hydrogens (primary N) is 1. The number of ether oxygens (including phenoxy) is 1. The molecule has 3 aromatic rings. The predicted molar refractivity (Wildman–Crippen MR) is 112 cm³/mol. The molecule has 0 aliphatic heterocycles. The van der Waals surface area contributed by atoms with Gasteiger partial charge in [0, 0.05) is 12.0 Å². The molecule has 0 fully saturated rings. The van der Waals surface area contributed by atoms with Crippen LogP contribution in [0.5, 0.6) is 0 Å². The first kappa shape index (κ1) is 19.4. The van der Waals surface area contributed by atoms with E-state index in [-0.39, 0.29) is 12.5 Å². The second kappa shape index (κ2) is 8.19. The van der Waals surface area contributed by atoms with Crippen molar-refractivity contribution in [3.63, 3.8) is 0 Å². The summed E-state index contributed by atoms with van der Waals surface area (Å²) < 4.78 is 5.51. The van der Waals surface area contributed by atoms with E-state index in [1.54, 1.807) is 0 Å². The van der Waals surface area contributed by atoms with Gasteiger partial charge in [0.2, 0.25) is 0 Å². The highest BCUT2D eigenvalue weighted by Crippen LogP contribution is 2.44. The largest absolute Gasteiger partial charge is 0.481 e. The minimum Gasteiger partial charge on any atom is -0.481 e. The lowest BCUT2D eigenvalue weighted by atomic mass is 9.95. The summed E-state index contributed by atoms with van der Waals surface area (Å²) in [7, 11) is 0. The summed E-state index contributed by atoms with van der Waals surface area (Å²) in [5, 5.41) is 13.4. The molecule has 0 bridgehead atoms. The molecule has 0 unspecified atom stereocenters. The highest BCUT2D eigenvalue weighted by atomic mass is 32.1. The molecule has 0 saturated carbocycles. The summed E-state index contributed by atoms with van der Waals surface area (Å²) in [4.78, 5) is 24.4. The SMILES string of the molecule is N[C@H](Cc1ccsc1)[C@H](C(=O)O)C(=O)OCC1c2ccccc2-c2ccccc21. The Morgan fingerprint density at radius 3 is 2.21 bits per heavy atom. The van der Waals surface area contributed by atoms with Crippen LogP contribution in [0.1, 0.15) is 22.6 Å². The molecule has 3 N–H and O–H groups in total. The Bertz CT molecular complexity index is 985. The molecular weight excluding hydrogens is 386 g/mol. The lowest BCUT2D eigenvalue weighted by Gasteiger charge is -2.20. The molecule has 1 heterocycles. The van der Waals surface area contributed by atoms with Crippen LogP contribution in [0.2, 0.25) is 0 Å². The molecule has 1 aliphatic carbocycles. The van der Waals surface area contributed by atoms with Crippen LogP contribution in [-0.2, 0) is 20.7 Å². The number of hydrogen-bond donors (Lipinski definition) is 2. The van der Waals surface area contributed by atoms with E-state index in [1.807, 2.05) is 65.4 Å². The third-order valence-electron chi connectivity index (χ3n) is 5.35. The van der Waals surface area contributed by atoms with Crippen LogP contribution in [0.15, 0.2) is 65.4 Å². The Labute approximate surface area is 172 Å². The summed E-state index contributed by atoms with van der Waals surface area (Å²) in [5.74, 6) is -3.57. The van der Waals surface area contributed by atoms with Crippen LogP contribution < -0.4 is 5.73 Å². The van der Waals surface area contributed by atoms with E-state index in [1.165, 1.54) is 11.3 Å². The van der Waals surface area contributed by atoms with Crippen molar-refractivity contribution in [1.29, 1.82) is 0 Å². The molecule has 148 valence electrons. The van der Waals surface area contributed by atoms with E-state index in [2.05, 4.69) is 0 Å². The highest BCUT2D eigenvalue weighted by molar-refractivity contribution is 7.07. The third-order valence-corrected chi connectivity index (χ3v) is 6.09. The summed E-state index contributed by atoms with van der Waals surface area (Å²) in [5.41, 5.74) is 11.4. The fraction of sp³-hybridized carbons (Fsp3) is 0.217. The van der Waals surface area contributed by atoms with Crippen LogP contribution in [0.25, 0.3) is 11.1 Å². The number of thiophene rings is 1. The lowest BCUT2D eigenvalue weighted by molar-refractivity contribution is -0.159. The number of carboxylic acid groups (broad SMARTS) is 1. The van der Waals surface area contributed by atoms with Gasteiger partial charge in [0.05, 0.1) is 0 Å². The van der Waals surface area contributed by atoms with Crippen LogP contribution in [-0.4, -0.2) is 29.7 Å². The third kappa shape index (κ3) is 3.81. The number of benzene rings is 2. The Balaban J connectivity index is 1.50. The van der Waals surface area contributed by atoms with Gasteiger partial charge in [-0.2, -0.15) is 11.3 Å². The quantitative estimate of drug-likeness (QED) is 0.461. The number of carboxylic acids is 1. The van der Waals surface area contributed by atoms with Crippen molar-refractivity contribution in [1.82, 2.24) is 0 Å². The Hall–Kier alpha value is -2.96. The molecule has 29 heavy (non-hydrogen) atoms. The Kier molecular flexibility index (Phi) is 5.47. The average Bonchev–Trinajstić information content (AvgIpc) is 3.32. The molecule has 0 saturated heterocycles. The first-order valence-electron chi connectivity index (χ1n) is 9.40. The van der Waals surface area contributed by atoms with Gasteiger partial charge < -0.3 is 15.6 Å². The second-order valence-electron chi connectivity index (χ2n) is 7.17. The minimum absolute atomic E-state index is 0.0851. The van der Waals surface area contributed by atoms with Crippen molar-refractivity contribution in [2.75, 3.05) is 6.61 Å². The number of carbonyl (C=O) groups excluding carboxylic acids is 1. The van der Waals surface area contributed by atoms with Gasteiger partial charge >= 0.3 is 11.9 Å². The maximum atomic E-state index is 12.7. The van der Waals surface area contributed by atoms with Crippen molar-refractivity contribution in [3.8, 4) is 11.1 Å². The van der Waals surface area contributed by atoms with Crippen LogP contribution in [0, 0.1) is 5.92 Å². The van der Waals surface area contributed by atoms with Gasteiger partial charge in [0.25, 0.3) is 0 Å². The van der Waals surface area contributed by atoms with E-state index < -0.39 is 23.9 Å². The van der Waals surface area contributed by atoms with E-state index in [4.69, 9.17) is 10.5 Å². The van der Waals surface area contributed by atoms with Crippen molar-refractivity contribution in [2.45, 2.75) is 18.4 Å². The number of carbonyl (C=O) groups is 2. The molecular formula is C23H21NO4S. The molecule has 0 radical (unpaired) electrons. The number of fused-ring (bicyclic) bond motifs is 3. The number of hydrogen-bond acceptors (Lipinski definition) is 5. The molecule has 1 aromatic heterocycles. The average molecular weight is 407 g/mol. The first-order chi connectivity index (χ1) is 14.1. The Morgan fingerprint density at radius 2 is 1.66 bits per heavy atom. The summed E-state index contributed by atoms with van der Waals surface area (Å²) >= 11 is 1.50. The van der Waals surface area contributed by atoms with Crippen molar-refractivity contribution < 1.29 is 19.4 Å². The van der Waals surface area contributed by atoms with Gasteiger partial charge in [-0.05, 0) is 51.1 Å². The van der Waals surface area contributed by atoms with Crippen LogP contribution >= 0.6 is 11.3 Å². The fourth-order valence-electron chi connectivity index (χ4n) is 3.95.